The minimum Gasteiger partial charge on any atom is -0.487 e. The number of benzene rings is 3. The van der Waals surface area contributed by atoms with Gasteiger partial charge in [-0.2, -0.15) is 0 Å². The molecule has 3 aromatic carbocycles. The molecule has 1 saturated carbocycles. The summed E-state index contributed by atoms with van der Waals surface area (Å²) in [5.74, 6) is 0.897. The van der Waals surface area contributed by atoms with Gasteiger partial charge in [0.1, 0.15) is 17.1 Å². The molecule has 2 amide bonds. The van der Waals surface area contributed by atoms with Gasteiger partial charge in [-0.15, -0.1) is 0 Å². The molecule has 8 heteroatoms. The van der Waals surface area contributed by atoms with Crippen LogP contribution in [0.15, 0.2) is 72.8 Å². The van der Waals surface area contributed by atoms with Crippen LogP contribution in [-0.4, -0.2) is 53.9 Å². The van der Waals surface area contributed by atoms with Gasteiger partial charge in [0.05, 0.1) is 24.4 Å². The van der Waals surface area contributed by atoms with Crippen molar-refractivity contribution in [2.75, 3.05) is 18.0 Å². The van der Waals surface area contributed by atoms with E-state index >= 15 is 0 Å². The highest BCUT2D eigenvalue weighted by atomic mass is 16.5. The minimum absolute atomic E-state index is 0.0355. The fourth-order valence-electron chi connectivity index (χ4n) is 6.95. The molecule has 4 unspecified atom stereocenters. The summed E-state index contributed by atoms with van der Waals surface area (Å²) in [5, 5.41) is 18.4. The van der Waals surface area contributed by atoms with Crippen molar-refractivity contribution in [2.45, 2.75) is 88.7 Å². The van der Waals surface area contributed by atoms with Gasteiger partial charge < -0.3 is 30.1 Å². The number of aryl methyl sites for hydroxylation is 1. The Kier molecular flexibility index (Phi) is 8.91. The van der Waals surface area contributed by atoms with E-state index in [0.29, 0.717) is 24.4 Å². The molecule has 1 aliphatic carbocycles. The zero-order valence-electron chi connectivity index (χ0n) is 25.6. The quantitative estimate of drug-likeness (QED) is 0.325. The highest BCUT2D eigenvalue weighted by molar-refractivity contribution is 5.96. The van der Waals surface area contributed by atoms with Crippen molar-refractivity contribution >= 4 is 17.5 Å². The third kappa shape index (κ3) is 6.47. The molecule has 0 bridgehead atoms. The summed E-state index contributed by atoms with van der Waals surface area (Å²) >= 11 is 0. The summed E-state index contributed by atoms with van der Waals surface area (Å²) in [4.78, 5) is 27.7. The van der Waals surface area contributed by atoms with Crippen molar-refractivity contribution in [2.24, 2.45) is 0 Å². The van der Waals surface area contributed by atoms with E-state index in [1.54, 1.807) is 11.0 Å². The first-order chi connectivity index (χ1) is 21.3. The maximum Gasteiger partial charge on any atom is 0.263 e. The molecule has 1 spiro atoms. The van der Waals surface area contributed by atoms with Gasteiger partial charge in [-0.3, -0.25) is 9.59 Å². The number of hydrogen-bond acceptors (Lipinski definition) is 6. The fraction of sp³-hybridized carbons (Fsp3) is 0.444. The molecule has 4 atom stereocenters. The number of ether oxygens (including phenoxy) is 2. The van der Waals surface area contributed by atoms with Gasteiger partial charge in [-0.05, 0) is 67.9 Å². The number of nitrogens with zero attached hydrogens (tertiary/aromatic N) is 1. The monoisotopic (exact) mass is 597 g/mol. The third-order valence-electron chi connectivity index (χ3n) is 9.39. The molecular formula is C36H43N3O5. The molecular weight excluding hydrogens is 554 g/mol. The van der Waals surface area contributed by atoms with Crippen LogP contribution in [0.5, 0.6) is 11.5 Å². The second-order valence-electron chi connectivity index (χ2n) is 12.5. The maximum absolute atomic E-state index is 13.7. The Bertz CT molecular complexity index is 1470. The number of aliphatic hydroxyl groups is 1. The summed E-state index contributed by atoms with van der Waals surface area (Å²) in [6.45, 7) is 4.03. The fourth-order valence-corrected chi connectivity index (χ4v) is 6.95. The van der Waals surface area contributed by atoms with Crippen LogP contribution in [0.2, 0.25) is 0 Å². The number of carbonyl (C=O) groups is 2. The van der Waals surface area contributed by atoms with E-state index in [0.717, 1.165) is 55.4 Å². The predicted molar refractivity (Wildman–Crippen MR) is 170 cm³/mol. The molecule has 232 valence electrons. The number of hydrogen-bond donors (Lipinski definition) is 3. The van der Waals surface area contributed by atoms with Crippen LogP contribution in [0.4, 0.5) is 5.69 Å². The number of anilines is 1. The van der Waals surface area contributed by atoms with Crippen molar-refractivity contribution in [3.63, 3.8) is 0 Å². The topological polar surface area (TPSA) is 100 Å². The molecule has 2 aliphatic heterocycles. The van der Waals surface area contributed by atoms with E-state index in [4.69, 9.17) is 9.47 Å². The molecule has 3 aliphatic rings. The van der Waals surface area contributed by atoms with E-state index in [2.05, 4.69) is 35.8 Å². The van der Waals surface area contributed by atoms with E-state index in [9.17, 15) is 14.7 Å². The van der Waals surface area contributed by atoms with Crippen molar-refractivity contribution in [1.82, 2.24) is 10.6 Å². The number of fused-ring (bicyclic) bond motifs is 2. The lowest BCUT2D eigenvalue weighted by molar-refractivity contribution is -0.129. The number of amides is 2. The lowest BCUT2D eigenvalue weighted by Gasteiger charge is -2.41. The highest BCUT2D eigenvalue weighted by Gasteiger charge is 2.43. The molecule has 3 N–H and O–H groups in total. The third-order valence-corrected chi connectivity index (χ3v) is 9.39. The van der Waals surface area contributed by atoms with E-state index < -0.39 is 18.2 Å². The molecule has 44 heavy (non-hydrogen) atoms. The zero-order chi connectivity index (χ0) is 30.7. The largest absolute Gasteiger partial charge is 0.487 e. The Labute approximate surface area is 259 Å². The van der Waals surface area contributed by atoms with Gasteiger partial charge in [-0.25, -0.2) is 0 Å². The second kappa shape index (κ2) is 13.0. The number of nitrogens with one attached hydrogen (secondary N) is 2. The number of para-hydroxylation sites is 2. The van der Waals surface area contributed by atoms with E-state index in [1.807, 2.05) is 48.5 Å². The second-order valence-corrected chi connectivity index (χ2v) is 12.5. The molecule has 0 aromatic heterocycles. The molecule has 6 rings (SSSR count). The molecule has 2 heterocycles. The van der Waals surface area contributed by atoms with Crippen molar-refractivity contribution in [3.8, 4) is 11.5 Å². The van der Waals surface area contributed by atoms with Gasteiger partial charge in [0, 0.05) is 31.5 Å². The Morgan fingerprint density at radius 2 is 1.75 bits per heavy atom. The summed E-state index contributed by atoms with van der Waals surface area (Å²) in [7, 11) is 0. The van der Waals surface area contributed by atoms with Crippen molar-refractivity contribution < 1.29 is 24.2 Å². The normalized spacial score (nSPS) is 21.4. The van der Waals surface area contributed by atoms with Crippen LogP contribution < -0.4 is 25.0 Å². The standard InChI is InChI=1S/C36H43N3O5/c1-3-25-15-16-32-27(19-25)29(21-36(44-32)17-9-10-18-36)37-22-31(41)28(20-26-11-5-4-6-12-26)38-35(42)34-23-39(24(2)40)30-13-7-8-14-33(30)43-34/h4-8,11-16,19,28-29,31,34,37,41H,3,9-10,17-18,20-23H2,1-2H3,(H,38,42). The summed E-state index contributed by atoms with van der Waals surface area (Å²) in [6, 6.07) is 23.0. The number of aliphatic hydroxyl groups excluding tert-OH is 1. The van der Waals surface area contributed by atoms with Crippen molar-refractivity contribution in [3.05, 3.63) is 89.5 Å². The van der Waals surface area contributed by atoms with Crippen LogP contribution >= 0.6 is 0 Å². The van der Waals surface area contributed by atoms with Crippen molar-refractivity contribution in [1.29, 1.82) is 0 Å². The van der Waals surface area contributed by atoms with Crippen LogP contribution in [-0.2, 0) is 22.4 Å². The predicted octanol–water partition coefficient (Wildman–Crippen LogP) is 4.88. The smallest absolute Gasteiger partial charge is 0.263 e. The lowest BCUT2D eigenvalue weighted by Crippen LogP contribution is -2.56. The van der Waals surface area contributed by atoms with E-state index in [1.165, 1.54) is 12.5 Å². The van der Waals surface area contributed by atoms with Gasteiger partial charge >= 0.3 is 0 Å². The lowest BCUT2D eigenvalue weighted by atomic mass is 9.85. The Morgan fingerprint density at radius 1 is 1.00 bits per heavy atom. The highest BCUT2D eigenvalue weighted by Crippen LogP contribution is 2.47. The van der Waals surface area contributed by atoms with Gasteiger partial charge in [0.2, 0.25) is 5.91 Å². The average molecular weight is 598 g/mol. The van der Waals surface area contributed by atoms with Crippen LogP contribution in [0.1, 0.15) is 68.7 Å². The summed E-state index contributed by atoms with van der Waals surface area (Å²) < 4.78 is 12.7. The molecule has 8 nitrogen and oxygen atoms in total. The van der Waals surface area contributed by atoms with Crippen LogP contribution in [0, 0.1) is 0 Å². The molecule has 3 aromatic rings. The summed E-state index contributed by atoms with van der Waals surface area (Å²) in [5.41, 5.74) is 3.88. The Balaban J connectivity index is 1.19. The number of carbonyl (C=O) groups excluding carboxylic acids is 2. The van der Waals surface area contributed by atoms with E-state index in [-0.39, 0.29) is 30.0 Å². The minimum atomic E-state index is -0.899. The molecule has 0 saturated heterocycles. The molecule has 0 radical (unpaired) electrons. The average Bonchev–Trinajstić information content (AvgIpc) is 3.49. The SMILES string of the molecule is CCc1ccc2c(c1)C(NCC(O)C(Cc1ccccc1)NC(=O)C1CN(C(C)=O)c3ccccc3O1)CC1(CCCC1)O2. The first-order valence-electron chi connectivity index (χ1n) is 16.0. The van der Waals surface area contributed by atoms with Gasteiger partial charge in [0.25, 0.3) is 5.91 Å². The zero-order valence-corrected chi connectivity index (χ0v) is 25.6. The maximum atomic E-state index is 13.7. The number of rotatable bonds is 9. The first-order valence-corrected chi connectivity index (χ1v) is 16.0. The Hall–Kier alpha value is -3.88. The molecule has 1 fully saturated rings. The summed E-state index contributed by atoms with van der Waals surface area (Å²) in [6.07, 6.45) is 4.87. The van der Waals surface area contributed by atoms with Gasteiger partial charge in [0.15, 0.2) is 6.10 Å². The first kappa shape index (κ1) is 30.2. The van der Waals surface area contributed by atoms with Crippen LogP contribution in [0.3, 0.4) is 0 Å². The van der Waals surface area contributed by atoms with Crippen LogP contribution in [0.25, 0.3) is 0 Å². The van der Waals surface area contributed by atoms with Gasteiger partial charge in [-0.1, -0.05) is 61.5 Å². The Morgan fingerprint density at radius 3 is 2.50 bits per heavy atom.